The first-order chi connectivity index (χ1) is 9.65. The molecular weight excluding hydrogens is 284 g/mol. The molecule has 0 atom stereocenters. The number of carbonyl (C=O) groups excluding carboxylic acids is 2. The molecule has 0 fully saturated rings. The van der Waals surface area contributed by atoms with E-state index in [1.54, 1.807) is 24.3 Å². The first kappa shape index (κ1) is 14.1. The van der Waals surface area contributed by atoms with Gasteiger partial charge >= 0.3 is 5.97 Å². The van der Waals surface area contributed by atoms with Crippen LogP contribution in [0.1, 0.15) is 15.9 Å². The van der Waals surface area contributed by atoms with Gasteiger partial charge in [0.15, 0.2) is 5.76 Å². The van der Waals surface area contributed by atoms with Crippen LogP contribution in [0.2, 0.25) is 0 Å². The summed E-state index contributed by atoms with van der Waals surface area (Å²) in [7, 11) is 0. The van der Waals surface area contributed by atoms with Crippen LogP contribution in [0.5, 0.6) is 0 Å². The van der Waals surface area contributed by atoms with E-state index in [4.69, 9.17) is 21.1 Å². The van der Waals surface area contributed by atoms with Gasteiger partial charge in [-0.15, -0.1) is 11.6 Å². The first-order valence-corrected chi connectivity index (χ1v) is 6.28. The molecule has 104 valence electrons. The Labute approximate surface area is 120 Å². The number of allylic oxidation sites excluding steroid dienone is 1. The third-order valence-electron chi connectivity index (χ3n) is 2.60. The number of aldehydes is 1. The number of esters is 1. The summed E-state index contributed by atoms with van der Waals surface area (Å²) >= 11 is 5.47. The third-order valence-corrected chi connectivity index (χ3v) is 2.75. The first-order valence-electron chi connectivity index (χ1n) is 5.74. The Morgan fingerprint density at radius 3 is 2.60 bits per heavy atom. The van der Waals surface area contributed by atoms with E-state index in [1.165, 1.54) is 6.08 Å². The van der Waals surface area contributed by atoms with Crippen LogP contribution < -0.4 is 0 Å². The van der Waals surface area contributed by atoms with Crippen LogP contribution in [0, 0.1) is 0 Å². The molecule has 0 bridgehead atoms. The van der Waals surface area contributed by atoms with Crippen LogP contribution in [0.3, 0.4) is 0 Å². The number of aliphatic hydroxyl groups is 1. The van der Waals surface area contributed by atoms with E-state index < -0.39 is 5.97 Å². The standard InChI is InChI=1S/C14H11ClO5/c15-6-5-11-12(17)13(14(18)20-11)19-8-10-3-1-9(7-16)2-4-10/h1-5,7,17H,6,8H2/b11-5+. The topological polar surface area (TPSA) is 72.8 Å². The van der Waals surface area contributed by atoms with Gasteiger partial charge in [0.1, 0.15) is 12.9 Å². The quantitative estimate of drug-likeness (QED) is 0.513. The van der Waals surface area contributed by atoms with Crippen molar-refractivity contribution in [3.63, 3.8) is 0 Å². The molecule has 0 aromatic heterocycles. The number of benzene rings is 1. The van der Waals surface area contributed by atoms with E-state index >= 15 is 0 Å². The number of halogens is 1. The Bertz CT molecular complexity index is 586. The van der Waals surface area contributed by atoms with Crippen molar-refractivity contribution >= 4 is 23.9 Å². The van der Waals surface area contributed by atoms with Gasteiger partial charge in [0.2, 0.25) is 5.76 Å². The molecule has 1 N–H and O–H groups in total. The number of rotatable bonds is 5. The smallest absolute Gasteiger partial charge is 0.383 e. The molecule has 5 nitrogen and oxygen atoms in total. The molecule has 0 aliphatic carbocycles. The van der Waals surface area contributed by atoms with E-state index in [0.717, 1.165) is 11.8 Å². The minimum Gasteiger partial charge on any atom is -0.501 e. The Morgan fingerprint density at radius 2 is 2.00 bits per heavy atom. The van der Waals surface area contributed by atoms with Crippen molar-refractivity contribution in [2.45, 2.75) is 6.61 Å². The van der Waals surface area contributed by atoms with Gasteiger partial charge in [-0.3, -0.25) is 4.79 Å². The summed E-state index contributed by atoms with van der Waals surface area (Å²) in [6.45, 7) is 0.0712. The molecule has 20 heavy (non-hydrogen) atoms. The zero-order valence-corrected chi connectivity index (χ0v) is 11.1. The van der Waals surface area contributed by atoms with Gasteiger partial charge in [0.25, 0.3) is 5.76 Å². The van der Waals surface area contributed by atoms with Crippen molar-refractivity contribution in [3.05, 3.63) is 58.7 Å². The lowest BCUT2D eigenvalue weighted by atomic mass is 10.2. The van der Waals surface area contributed by atoms with Crippen LogP contribution >= 0.6 is 11.6 Å². The molecule has 0 saturated heterocycles. The Kier molecular flexibility index (Phi) is 4.42. The average Bonchev–Trinajstić information content (AvgIpc) is 2.72. The van der Waals surface area contributed by atoms with Crippen LogP contribution in [-0.4, -0.2) is 23.2 Å². The highest BCUT2D eigenvalue weighted by Gasteiger charge is 2.31. The van der Waals surface area contributed by atoms with Gasteiger partial charge in [-0.25, -0.2) is 4.79 Å². The lowest BCUT2D eigenvalue weighted by Crippen LogP contribution is -2.03. The second kappa shape index (κ2) is 6.25. The Hall–Kier alpha value is -2.27. The number of aliphatic hydroxyl groups excluding tert-OH is 1. The molecule has 1 aromatic rings. The number of ether oxygens (including phenoxy) is 2. The summed E-state index contributed by atoms with van der Waals surface area (Å²) in [4.78, 5) is 22.0. The highest BCUT2D eigenvalue weighted by Crippen LogP contribution is 2.25. The van der Waals surface area contributed by atoms with Gasteiger partial charge < -0.3 is 14.6 Å². The minimum atomic E-state index is -0.761. The lowest BCUT2D eigenvalue weighted by Gasteiger charge is -2.04. The molecule has 1 heterocycles. The predicted octanol–water partition coefficient (Wildman–Crippen LogP) is 2.46. The molecule has 6 heteroatoms. The van der Waals surface area contributed by atoms with Crippen molar-refractivity contribution in [2.24, 2.45) is 0 Å². The number of cyclic esters (lactones) is 1. The molecular formula is C14H11ClO5. The van der Waals surface area contributed by atoms with E-state index in [0.29, 0.717) is 5.56 Å². The highest BCUT2D eigenvalue weighted by atomic mass is 35.5. The predicted molar refractivity (Wildman–Crippen MR) is 71.2 cm³/mol. The normalized spacial score (nSPS) is 16.4. The zero-order chi connectivity index (χ0) is 14.5. The maximum absolute atomic E-state index is 11.5. The summed E-state index contributed by atoms with van der Waals surface area (Å²) in [6, 6.07) is 6.64. The van der Waals surface area contributed by atoms with E-state index in [9.17, 15) is 14.7 Å². The molecule has 1 aliphatic rings. The van der Waals surface area contributed by atoms with E-state index in [2.05, 4.69) is 0 Å². The largest absolute Gasteiger partial charge is 0.501 e. The average molecular weight is 295 g/mol. The molecule has 0 radical (unpaired) electrons. The van der Waals surface area contributed by atoms with Gasteiger partial charge in [0.05, 0.1) is 0 Å². The van der Waals surface area contributed by atoms with Crippen molar-refractivity contribution in [1.82, 2.24) is 0 Å². The van der Waals surface area contributed by atoms with Crippen LogP contribution in [-0.2, 0) is 20.9 Å². The zero-order valence-electron chi connectivity index (χ0n) is 10.3. The maximum atomic E-state index is 11.5. The summed E-state index contributed by atoms with van der Waals surface area (Å²) < 4.78 is 10.0. The van der Waals surface area contributed by atoms with Gasteiger partial charge in [0, 0.05) is 11.4 Å². The maximum Gasteiger partial charge on any atom is 0.383 e. The highest BCUT2D eigenvalue weighted by molar-refractivity contribution is 6.19. The number of hydrogen-bond acceptors (Lipinski definition) is 5. The van der Waals surface area contributed by atoms with Crippen molar-refractivity contribution in [2.75, 3.05) is 5.88 Å². The summed E-state index contributed by atoms with van der Waals surface area (Å²) in [6.07, 6.45) is 2.10. The number of carbonyl (C=O) groups is 2. The van der Waals surface area contributed by atoms with Gasteiger partial charge in [-0.05, 0) is 11.6 Å². The number of hydrogen-bond donors (Lipinski definition) is 1. The SMILES string of the molecule is O=Cc1ccc(COC2=C(O)/C(=C\CCl)OC2=O)cc1. The van der Waals surface area contributed by atoms with E-state index in [-0.39, 0.29) is 29.8 Å². The second-order valence-electron chi connectivity index (χ2n) is 3.94. The summed E-state index contributed by atoms with van der Waals surface area (Å²) in [5, 5.41) is 9.75. The third kappa shape index (κ3) is 3.00. The fourth-order valence-electron chi connectivity index (χ4n) is 1.59. The van der Waals surface area contributed by atoms with Crippen LogP contribution in [0.25, 0.3) is 0 Å². The monoisotopic (exact) mass is 294 g/mol. The molecule has 0 amide bonds. The van der Waals surface area contributed by atoms with Crippen LogP contribution in [0.15, 0.2) is 47.6 Å². The van der Waals surface area contributed by atoms with Crippen molar-refractivity contribution in [3.8, 4) is 0 Å². The summed E-state index contributed by atoms with van der Waals surface area (Å²) in [5.74, 6) is -1.27. The van der Waals surface area contributed by atoms with Crippen molar-refractivity contribution in [1.29, 1.82) is 0 Å². The fraction of sp³-hybridized carbons (Fsp3) is 0.143. The van der Waals surface area contributed by atoms with E-state index in [1.807, 2.05) is 0 Å². The van der Waals surface area contributed by atoms with Crippen molar-refractivity contribution < 1.29 is 24.2 Å². The Morgan fingerprint density at radius 1 is 1.30 bits per heavy atom. The number of alkyl halides is 1. The second-order valence-corrected chi connectivity index (χ2v) is 4.25. The van der Waals surface area contributed by atoms with Gasteiger partial charge in [-0.2, -0.15) is 0 Å². The molecule has 0 spiro atoms. The lowest BCUT2D eigenvalue weighted by molar-refractivity contribution is -0.136. The molecule has 2 rings (SSSR count). The van der Waals surface area contributed by atoms with Crippen LogP contribution in [0.4, 0.5) is 0 Å². The Balaban J connectivity index is 2.07. The minimum absolute atomic E-state index is 0.00342. The van der Waals surface area contributed by atoms with Gasteiger partial charge in [-0.1, -0.05) is 24.3 Å². The fourth-order valence-corrected chi connectivity index (χ4v) is 1.73. The molecule has 0 saturated carbocycles. The molecule has 1 aromatic carbocycles. The molecule has 1 aliphatic heterocycles. The summed E-state index contributed by atoms with van der Waals surface area (Å²) in [5.41, 5.74) is 1.29. The molecule has 0 unspecified atom stereocenters.